The van der Waals surface area contributed by atoms with Crippen LogP contribution in [0.5, 0.6) is 0 Å². The molecule has 1 aliphatic carbocycles. The maximum Gasteiger partial charge on any atom is 0.264 e. The Morgan fingerprint density at radius 2 is 2.15 bits per heavy atom. The summed E-state index contributed by atoms with van der Waals surface area (Å²) in [6, 6.07) is 7.82. The molecule has 1 saturated heterocycles. The fraction of sp³-hybridized carbons (Fsp3) is 0.214. The molecule has 0 saturated carbocycles. The molecule has 1 fully saturated rings. The molecule has 0 aromatic carbocycles. The van der Waals surface area contributed by atoms with Crippen molar-refractivity contribution in [1.29, 1.82) is 5.41 Å². The van der Waals surface area contributed by atoms with Gasteiger partial charge in [-0.25, -0.2) is 4.98 Å². The van der Waals surface area contributed by atoms with E-state index < -0.39 is 0 Å². The number of hydrogen-bond donors (Lipinski definition) is 2. The topological polar surface area (TPSA) is 74.0 Å². The van der Waals surface area contributed by atoms with Crippen molar-refractivity contribution in [2.75, 3.05) is 25.5 Å². The Balaban J connectivity index is 1.62. The number of pyridine rings is 1. The monoisotopic (exact) mass is 451 g/mol. The number of allylic oxidation sites excluding steroid dienone is 6. The van der Waals surface area contributed by atoms with Gasteiger partial charge < -0.3 is 15.6 Å². The molecule has 3 heterocycles. The minimum Gasteiger partial charge on any atom is -0.309 e. The molecular weight excluding hydrogens is 422 g/mol. The fourth-order valence-electron chi connectivity index (χ4n) is 4.21. The van der Waals surface area contributed by atoms with Crippen molar-refractivity contribution in [3.05, 3.63) is 108 Å². The number of anilines is 1. The van der Waals surface area contributed by atoms with Gasteiger partial charge in [0.2, 0.25) is 0 Å². The van der Waals surface area contributed by atoms with Crippen LogP contribution in [0.1, 0.15) is 24.3 Å². The summed E-state index contributed by atoms with van der Waals surface area (Å²) < 4.78 is 1.95. The third kappa shape index (κ3) is 5.31. The number of hydrogen-bond acceptors (Lipinski definition) is 4. The number of nitrogens with one attached hydrogen (secondary N) is 2. The molecule has 4 rings (SSSR count). The fourth-order valence-corrected chi connectivity index (χ4v) is 4.21. The number of amides is 1. The van der Waals surface area contributed by atoms with E-state index in [0.717, 1.165) is 42.9 Å². The highest BCUT2D eigenvalue weighted by atomic mass is 16.1. The van der Waals surface area contributed by atoms with Crippen LogP contribution in [0, 0.1) is 5.41 Å². The Hall–Kier alpha value is -3.99. The van der Waals surface area contributed by atoms with Crippen LogP contribution in [0.2, 0.25) is 0 Å². The third-order valence-corrected chi connectivity index (χ3v) is 6.15. The summed E-state index contributed by atoms with van der Waals surface area (Å²) in [7, 11) is 2.15. The van der Waals surface area contributed by atoms with E-state index in [1.807, 2.05) is 34.9 Å². The lowest BCUT2D eigenvalue weighted by molar-refractivity contribution is -0.112. The van der Waals surface area contributed by atoms with E-state index in [0.29, 0.717) is 17.3 Å². The van der Waals surface area contributed by atoms with Gasteiger partial charge in [-0.05, 0) is 92.0 Å². The number of piperidine rings is 1. The first-order valence-corrected chi connectivity index (χ1v) is 11.4. The molecule has 172 valence electrons. The van der Waals surface area contributed by atoms with E-state index >= 15 is 0 Å². The van der Waals surface area contributed by atoms with Crippen molar-refractivity contribution >= 4 is 17.9 Å². The minimum atomic E-state index is -0.247. The SMILES string of the molecule is C=C/C(=C\C=N)C1=CC=CC(C(=O)Nc2cc(C3CCN(C)CC3)cn2-c2ccccn2)=C=C1. The maximum absolute atomic E-state index is 13.2. The summed E-state index contributed by atoms with van der Waals surface area (Å²) in [5.41, 5.74) is 6.34. The molecule has 0 radical (unpaired) electrons. The molecule has 2 aliphatic rings. The van der Waals surface area contributed by atoms with Gasteiger partial charge in [0, 0.05) is 18.6 Å². The Morgan fingerprint density at radius 1 is 1.32 bits per heavy atom. The summed E-state index contributed by atoms with van der Waals surface area (Å²) in [5, 5.41) is 10.4. The Bertz CT molecular complexity index is 1230. The molecule has 0 bridgehead atoms. The first kappa shape index (κ1) is 23.2. The van der Waals surface area contributed by atoms with Crippen LogP contribution < -0.4 is 5.32 Å². The number of carbonyl (C=O) groups is 1. The standard InChI is InChI=1S/C28H29N5O/c1-3-21(12-15-29)22-7-6-8-24(11-10-22)28(34)31-27-19-25(23-13-17-32(2)18-14-23)20-33(27)26-9-4-5-16-30-26/h3-10,12,15-16,19-20,23,29H,1,13-14,17-18H2,2H3,(H,31,34)/b21-12+,29-15?. The molecule has 0 atom stereocenters. The minimum absolute atomic E-state index is 0.247. The van der Waals surface area contributed by atoms with Gasteiger partial charge in [-0.2, -0.15) is 0 Å². The highest BCUT2D eigenvalue weighted by Crippen LogP contribution is 2.32. The Labute approximate surface area is 200 Å². The summed E-state index contributed by atoms with van der Waals surface area (Å²) in [4.78, 5) is 20.0. The first-order valence-electron chi connectivity index (χ1n) is 11.4. The van der Waals surface area contributed by atoms with Gasteiger partial charge >= 0.3 is 0 Å². The molecule has 6 nitrogen and oxygen atoms in total. The average Bonchev–Trinajstić information content (AvgIpc) is 3.11. The molecule has 0 spiro atoms. The van der Waals surface area contributed by atoms with Crippen LogP contribution in [-0.2, 0) is 4.79 Å². The highest BCUT2D eigenvalue weighted by Gasteiger charge is 2.22. The van der Waals surface area contributed by atoms with Crippen molar-refractivity contribution in [2.24, 2.45) is 0 Å². The second kappa shape index (κ2) is 10.8. The lowest BCUT2D eigenvalue weighted by Gasteiger charge is -2.28. The van der Waals surface area contributed by atoms with E-state index in [9.17, 15) is 4.79 Å². The molecule has 2 aromatic heterocycles. The van der Waals surface area contributed by atoms with Crippen molar-refractivity contribution in [3.63, 3.8) is 0 Å². The van der Waals surface area contributed by atoms with E-state index in [4.69, 9.17) is 5.41 Å². The molecule has 6 heteroatoms. The lowest BCUT2D eigenvalue weighted by Crippen LogP contribution is -2.29. The van der Waals surface area contributed by atoms with Gasteiger partial charge in [-0.15, -0.1) is 5.73 Å². The van der Waals surface area contributed by atoms with Crippen molar-refractivity contribution in [1.82, 2.24) is 14.5 Å². The second-order valence-corrected chi connectivity index (χ2v) is 8.42. The maximum atomic E-state index is 13.2. The normalized spacial score (nSPS) is 17.0. The van der Waals surface area contributed by atoms with Gasteiger partial charge in [-0.3, -0.25) is 9.36 Å². The molecule has 2 aromatic rings. The molecule has 2 N–H and O–H groups in total. The van der Waals surface area contributed by atoms with Crippen LogP contribution in [-0.4, -0.2) is 46.7 Å². The Morgan fingerprint density at radius 3 is 2.85 bits per heavy atom. The van der Waals surface area contributed by atoms with Gasteiger partial charge in [-0.1, -0.05) is 30.9 Å². The average molecular weight is 452 g/mol. The summed E-state index contributed by atoms with van der Waals surface area (Å²) >= 11 is 0. The van der Waals surface area contributed by atoms with Crippen LogP contribution >= 0.6 is 0 Å². The number of nitrogens with zero attached hydrogens (tertiary/aromatic N) is 3. The van der Waals surface area contributed by atoms with Crippen LogP contribution in [0.15, 0.2) is 102 Å². The molecular formula is C28H29N5O. The van der Waals surface area contributed by atoms with Crippen LogP contribution in [0.25, 0.3) is 5.82 Å². The van der Waals surface area contributed by atoms with E-state index in [1.54, 1.807) is 30.5 Å². The largest absolute Gasteiger partial charge is 0.309 e. The highest BCUT2D eigenvalue weighted by molar-refractivity contribution is 6.05. The van der Waals surface area contributed by atoms with Crippen molar-refractivity contribution in [3.8, 4) is 5.82 Å². The number of rotatable bonds is 7. The zero-order valence-corrected chi connectivity index (χ0v) is 19.4. The summed E-state index contributed by atoms with van der Waals surface area (Å²) in [6.45, 7) is 5.93. The first-order chi connectivity index (χ1) is 16.6. The van der Waals surface area contributed by atoms with Gasteiger partial charge in [0.05, 0.1) is 5.57 Å². The second-order valence-electron chi connectivity index (χ2n) is 8.42. The molecule has 1 amide bonds. The van der Waals surface area contributed by atoms with E-state index in [-0.39, 0.29) is 5.91 Å². The van der Waals surface area contributed by atoms with Gasteiger partial charge in [0.25, 0.3) is 5.91 Å². The number of carbonyl (C=O) groups excluding carboxylic acids is 1. The number of likely N-dealkylation sites (tertiary alicyclic amines) is 1. The molecule has 1 aliphatic heterocycles. The van der Waals surface area contributed by atoms with Gasteiger partial charge in [0.15, 0.2) is 0 Å². The zero-order valence-electron chi connectivity index (χ0n) is 19.4. The smallest absolute Gasteiger partial charge is 0.264 e. The van der Waals surface area contributed by atoms with Crippen molar-refractivity contribution in [2.45, 2.75) is 18.8 Å². The van der Waals surface area contributed by atoms with Crippen molar-refractivity contribution < 1.29 is 4.79 Å². The van der Waals surface area contributed by atoms with Crippen LogP contribution in [0.3, 0.4) is 0 Å². The summed E-state index contributed by atoms with van der Waals surface area (Å²) in [6.07, 6.45) is 17.7. The molecule has 34 heavy (non-hydrogen) atoms. The van der Waals surface area contributed by atoms with E-state index in [2.05, 4.69) is 46.8 Å². The predicted molar refractivity (Wildman–Crippen MR) is 138 cm³/mol. The predicted octanol–water partition coefficient (Wildman–Crippen LogP) is 4.96. The third-order valence-electron chi connectivity index (χ3n) is 6.15. The van der Waals surface area contributed by atoms with E-state index in [1.165, 1.54) is 11.8 Å². The lowest BCUT2D eigenvalue weighted by atomic mass is 9.91. The number of aromatic nitrogens is 2. The molecule has 0 unspecified atom stereocenters. The zero-order chi connectivity index (χ0) is 23.9. The van der Waals surface area contributed by atoms with Crippen LogP contribution in [0.4, 0.5) is 5.82 Å². The quantitative estimate of drug-likeness (QED) is 0.355. The van der Waals surface area contributed by atoms with Gasteiger partial charge in [0.1, 0.15) is 11.6 Å². The summed E-state index contributed by atoms with van der Waals surface area (Å²) in [5.74, 6) is 1.66. The Kier molecular flexibility index (Phi) is 7.33.